The second kappa shape index (κ2) is 11.9. The molecule has 1 aromatic carbocycles. The van der Waals surface area contributed by atoms with E-state index in [1.807, 2.05) is 30.0 Å². The molecular formula is C26H36F3N3O4. The number of halogens is 3. The lowest BCUT2D eigenvalue weighted by Gasteiger charge is -2.33. The number of hydrogen-bond acceptors (Lipinski definition) is 4. The lowest BCUT2D eigenvalue weighted by atomic mass is 9.76. The fourth-order valence-corrected chi connectivity index (χ4v) is 4.45. The molecule has 1 aliphatic heterocycles. The SMILES string of the molecule is CN(C)CC(=O)N1CCC(c2ccc(C(N)=O)c(C3=CCC(C)(C)CC3)c2)CC1.O=C(O)C(F)(F)F. The molecule has 3 N–H and O–H groups in total. The number of nitrogens with two attached hydrogens (primary N) is 1. The zero-order chi connectivity index (χ0) is 27.3. The largest absolute Gasteiger partial charge is 0.490 e. The van der Waals surface area contributed by atoms with Gasteiger partial charge in [0.15, 0.2) is 0 Å². The molecule has 7 nitrogen and oxygen atoms in total. The van der Waals surface area contributed by atoms with E-state index in [-0.39, 0.29) is 11.8 Å². The van der Waals surface area contributed by atoms with Gasteiger partial charge in [0.25, 0.3) is 0 Å². The Hall–Kier alpha value is -2.88. The number of amides is 2. The van der Waals surface area contributed by atoms with Crippen molar-refractivity contribution in [2.45, 2.75) is 58.0 Å². The van der Waals surface area contributed by atoms with E-state index in [4.69, 9.17) is 15.6 Å². The summed E-state index contributed by atoms with van der Waals surface area (Å²) in [4.78, 5) is 37.1. The Morgan fingerprint density at radius 1 is 1.17 bits per heavy atom. The molecule has 3 rings (SSSR count). The minimum atomic E-state index is -5.08. The summed E-state index contributed by atoms with van der Waals surface area (Å²) in [5.41, 5.74) is 10.1. The molecule has 200 valence electrons. The van der Waals surface area contributed by atoms with Gasteiger partial charge >= 0.3 is 12.1 Å². The molecule has 10 heteroatoms. The molecule has 1 saturated heterocycles. The van der Waals surface area contributed by atoms with Crippen molar-refractivity contribution in [2.75, 3.05) is 33.7 Å². The van der Waals surface area contributed by atoms with E-state index >= 15 is 0 Å². The van der Waals surface area contributed by atoms with Crippen molar-refractivity contribution in [2.24, 2.45) is 11.1 Å². The minimum absolute atomic E-state index is 0.202. The van der Waals surface area contributed by atoms with Crippen LogP contribution in [-0.2, 0) is 9.59 Å². The number of benzene rings is 1. The number of hydrogen-bond donors (Lipinski definition) is 2. The Kier molecular flexibility index (Phi) is 9.70. The molecule has 0 spiro atoms. The smallest absolute Gasteiger partial charge is 0.475 e. The molecule has 1 aromatic rings. The first-order chi connectivity index (χ1) is 16.6. The summed E-state index contributed by atoms with van der Waals surface area (Å²) in [5.74, 6) is -2.50. The average Bonchev–Trinajstić information content (AvgIpc) is 2.78. The fourth-order valence-electron chi connectivity index (χ4n) is 4.45. The van der Waals surface area contributed by atoms with Crippen LogP contribution in [0.1, 0.15) is 73.4 Å². The Bertz CT molecular complexity index is 995. The fraction of sp³-hybridized carbons (Fsp3) is 0.577. The normalized spacial score (nSPS) is 18.2. The van der Waals surface area contributed by atoms with Gasteiger partial charge < -0.3 is 20.6 Å². The number of carbonyl (C=O) groups is 3. The molecule has 1 fully saturated rings. The molecule has 0 unspecified atom stereocenters. The van der Waals surface area contributed by atoms with Gasteiger partial charge in [0.05, 0.1) is 6.54 Å². The summed E-state index contributed by atoms with van der Waals surface area (Å²) in [7, 11) is 3.85. The van der Waals surface area contributed by atoms with Gasteiger partial charge in [-0.05, 0) is 80.3 Å². The number of likely N-dealkylation sites (N-methyl/N-ethyl adjacent to an activating group) is 1. The van der Waals surface area contributed by atoms with Crippen LogP contribution in [0.5, 0.6) is 0 Å². The van der Waals surface area contributed by atoms with Crippen LogP contribution in [-0.4, -0.2) is 72.6 Å². The number of carboxylic acids is 1. The molecule has 2 amide bonds. The highest BCUT2D eigenvalue weighted by Gasteiger charge is 2.38. The number of rotatable bonds is 5. The zero-order valence-electron chi connectivity index (χ0n) is 21.3. The zero-order valence-corrected chi connectivity index (χ0v) is 21.3. The predicted molar refractivity (Wildman–Crippen MR) is 131 cm³/mol. The summed E-state index contributed by atoms with van der Waals surface area (Å²) in [6.45, 7) is 6.63. The van der Waals surface area contributed by atoms with E-state index in [1.54, 1.807) is 0 Å². The Morgan fingerprint density at radius 2 is 1.75 bits per heavy atom. The van der Waals surface area contributed by atoms with Gasteiger partial charge in [-0.1, -0.05) is 32.1 Å². The van der Waals surface area contributed by atoms with Crippen molar-refractivity contribution in [3.63, 3.8) is 0 Å². The summed E-state index contributed by atoms with van der Waals surface area (Å²) in [5, 5.41) is 7.12. The number of aliphatic carboxylic acids is 1. The van der Waals surface area contributed by atoms with E-state index in [0.717, 1.165) is 50.8 Å². The van der Waals surface area contributed by atoms with Gasteiger partial charge in [-0.2, -0.15) is 13.2 Å². The number of nitrogens with zero attached hydrogens (tertiary/aromatic N) is 2. The maximum absolute atomic E-state index is 12.3. The van der Waals surface area contributed by atoms with Gasteiger partial charge in [0.2, 0.25) is 11.8 Å². The lowest BCUT2D eigenvalue weighted by Crippen LogP contribution is -2.42. The molecule has 2 aliphatic rings. The summed E-state index contributed by atoms with van der Waals surface area (Å²) in [6.07, 6.45) is 2.25. The summed E-state index contributed by atoms with van der Waals surface area (Å²) >= 11 is 0. The van der Waals surface area contributed by atoms with Crippen LogP contribution >= 0.6 is 0 Å². The van der Waals surface area contributed by atoms with Crippen molar-refractivity contribution in [3.8, 4) is 0 Å². The first-order valence-corrected chi connectivity index (χ1v) is 12.0. The monoisotopic (exact) mass is 511 g/mol. The molecule has 0 atom stereocenters. The summed E-state index contributed by atoms with van der Waals surface area (Å²) < 4.78 is 31.7. The molecule has 1 aliphatic carbocycles. The van der Waals surface area contributed by atoms with E-state index in [1.165, 1.54) is 11.1 Å². The highest BCUT2D eigenvalue weighted by molar-refractivity contribution is 5.98. The van der Waals surface area contributed by atoms with Crippen molar-refractivity contribution in [3.05, 3.63) is 41.0 Å². The third-order valence-corrected chi connectivity index (χ3v) is 6.64. The molecule has 0 aromatic heterocycles. The second-order valence-electron chi connectivity index (χ2n) is 10.5. The number of carboxylic acid groups (broad SMARTS) is 1. The Morgan fingerprint density at radius 3 is 2.19 bits per heavy atom. The van der Waals surface area contributed by atoms with Crippen molar-refractivity contribution < 1.29 is 32.7 Å². The van der Waals surface area contributed by atoms with E-state index in [9.17, 15) is 22.8 Å². The van der Waals surface area contributed by atoms with Gasteiger partial charge in [-0.15, -0.1) is 0 Å². The number of alkyl halides is 3. The summed E-state index contributed by atoms with van der Waals surface area (Å²) in [6, 6.07) is 6.14. The predicted octanol–water partition coefficient (Wildman–Crippen LogP) is 4.28. The maximum atomic E-state index is 12.3. The lowest BCUT2D eigenvalue weighted by molar-refractivity contribution is -0.192. The maximum Gasteiger partial charge on any atom is 0.490 e. The van der Waals surface area contributed by atoms with Crippen LogP contribution in [0.25, 0.3) is 5.57 Å². The number of piperidine rings is 1. The van der Waals surface area contributed by atoms with Crippen molar-refractivity contribution in [1.29, 1.82) is 0 Å². The first-order valence-electron chi connectivity index (χ1n) is 12.0. The van der Waals surface area contributed by atoms with Gasteiger partial charge in [0, 0.05) is 18.7 Å². The van der Waals surface area contributed by atoms with Crippen LogP contribution in [0.3, 0.4) is 0 Å². The van der Waals surface area contributed by atoms with Crippen LogP contribution in [0.4, 0.5) is 13.2 Å². The molecule has 0 radical (unpaired) electrons. The van der Waals surface area contributed by atoms with Crippen LogP contribution in [0, 0.1) is 5.41 Å². The second-order valence-corrected chi connectivity index (χ2v) is 10.5. The highest BCUT2D eigenvalue weighted by atomic mass is 19.4. The third kappa shape index (κ3) is 8.36. The number of primary amides is 1. The standard InChI is InChI=1S/C24H35N3O2.C2HF3O2/c1-24(2)11-7-18(8-12-24)21-15-19(5-6-20(21)23(25)29)17-9-13-27(14-10-17)22(28)16-26(3)4;3-2(4,5)1(6)7/h5-7,15,17H,8-14,16H2,1-4H3,(H2,25,29);(H,6,7). The molecule has 1 heterocycles. The number of likely N-dealkylation sites (tertiary alicyclic amines) is 1. The third-order valence-electron chi connectivity index (χ3n) is 6.64. The highest BCUT2D eigenvalue weighted by Crippen LogP contribution is 2.40. The van der Waals surface area contributed by atoms with Crippen LogP contribution in [0.2, 0.25) is 0 Å². The van der Waals surface area contributed by atoms with E-state index in [0.29, 0.717) is 23.4 Å². The van der Waals surface area contributed by atoms with Crippen LogP contribution in [0.15, 0.2) is 24.3 Å². The molecular weight excluding hydrogens is 475 g/mol. The number of allylic oxidation sites excluding steroid dienone is 2. The van der Waals surface area contributed by atoms with Crippen molar-refractivity contribution in [1.82, 2.24) is 9.80 Å². The Balaban J connectivity index is 0.000000572. The first kappa shape index (κ1) is 29.4. The van der Waals surface area contributed by atoms with Crippen molar-refractivity contribution >= 4 is 23.4 Å². The molecule has 0 saturated carbocycles. The Labute approximate surface area is 210 Å². The molecule has 36 heavy (non-hydrogen) atoms. The topological polar surface area (TPSA) is 104 Å². The molecule has 0 bridgehead atoms. The van der Waals surface area contributed by atoms with E-state index in [2.05, 4.69) is 32.1 Å². The minimum Gasteiger partial charge on any atom is -0.475 e. The number of carbonyl (C=O) groups excluding carboxylic acids is 2. The van der Waals surface area contributed by atoms with Gasteiger partial charge in [-0.3, -0.25) is 9.59 Å². The van der Waals surface area contributed by atoms with E-state index < -0.39 is 12.1 Å². The quantitative estimate of drug-likeness (QED) is 0.614. The van der Waals surface area contributed by atoms with Gasteiger partial charge in [0.1, 0.15) is 0 Å². The average molecular weight is 512 g/mol. The van der Waals surface area contributed by atoms with Crippen LogP contribution < -0.4 is 5.73 Å². The van der Waals surface area contributed by atoms with Gasteiger partial charge in [-0.25, -0.2) is 4.79 Å².